The predicted molar refractivity (Wildman–Crippen MR) is 140 cm³/mol. The molecule has 1 saturated carbocycles. The number of carbonyl (C=O) groups is 4. The first-order valence-electron chi connectivity index (χ1n) is 13.0. The Morgan fingerprint density at radius 3 is 2.33 bits per heavy atom. The van der Waals surface area contributed by atoms with Crippen molar-refractivity contribution in [2.24, 2.45) is 17.6 Å². The molecule has 2 fully saturated rings. The fourth-order valence-electron chi connectivity index (χ4n) is 6.92. The summed E-state index contributed by atoms with van der Waals surface area (Å²) in [6.45, 7) is 2.75. The van der Waals surface area contributed by atoms with Gasteiger partial charge in [0.15, 0.2) is 11.4 Å². The van der Waals surface area contributed by atoms with Crippen molar-refractivity contribution >= 4 is 35.0 Å². The van der Waals surface area contributed by atoms with Gasteiger partial charge >= 0.3 is 6.03 Å². The van der Waals surface area contributed by atoms with Gasteiger partial charge in [-0.25, -0.2) is 4.79 Å². The molecular weight excluding hydrogens is 524 g/mol. The summed E-state index contributed by atoms with van der Waals surface area (Å²) in [6.07, 6.45) is -0.00837. The second kappa shape index (κ2) is 9.32. The molecule has 0 bridgehead atoms. The number of benzene rings is 1. The SMILES string of the molecule is CC1c2c(NC(=O)N3CCCC3)ccc(O)c2C(O)=C2C(=O)C3(O)C(O)=C(C(N)=O)C(=O)C(N(C)C)C3C(O)C21. The van der Waals surface area contributed by atoms with Crippen molar-refractivity contribution in [2.45, 2.75) is 43.4 Å². The number of nitrogens with two attached hydrogens (primary N) is 1. The summed E-state index contributed by atoms with van der Waals surface area (Å²) in [5.74, 6) is -9.82. The number of hydrogen-bond donors (Lipinski definition) is 7. The zero-order valence-corrected chi connectivity index (χ0v) is 22.2. The fraction of sp³-hybridized carbons (Fsp3) is 0.481. The normalized spacial score (nSPS) is 31.8. The van der Waals surface area contributed by atoms with Gasteiger partial charge in [0.2, 0.25) is 5.78 Å². The van der Waals surface area contributed by atoms with E-state index in [2.05, 4.69) is 5.32 Å². The number of aromatic hydroxyl groups is 1. The van der Waals surface area contributed by atoms with E-state index in [1.165, 1.54) is 31.1 Å². The standard InChI is InChI=1S/C27H32N4O9/c1-10-13-11(29-26(39)31-8-4-5-9-31)6-7-12(32)15(13)20(33)16-14(10)21(34)18-19(30(2)3)22(35)17(25(28)38)24(37)27(18,40)23(16)36/h6-7,10,14,18-19,21,32-34,37,40H,4-5,8-9H2,1-3H3,(H2,28,38)(H,29,39). The average Bonchev–Trinajstić information content (AvgIpc) is 3.42. The Kier molecular flexibility index (Phi) is 6.44. The van der Waals surface area contributed by atoms with E-state index in [9.17, 15) is 44.7 Å². The molecular formula is C27H32N4O9. The number of aliphatic hydroxyl groups is 4. The monoisotopic (exact) mass is 556 g/mol. The Hall–Kier alpha value is -3.94. The van der Waals surface area contributed by atoms with Gasteiger partial charge in [-0.2, -0.15) is 0 Å². The molecule has 1 aromatic rings. The first kappa shape index (κ1) is 27.6. The molecule has 40 heavy (non-hydrogen) atoms. The molecule has 13 heteroatoms. The number of primary amides is 1. The van der Waals surface area contributed by atoms with Crippen LogP contribution in [0.15, 0.2) is 29.0 Å². The maximum Gasteiger partial charge on any atom is 0.321 e. The number of aliphatic hydroxyl groups excluding tert-OH is 3. The molecule has 5 rings (SSSR count). The topological polar surface area (TPSA) is 214 Å². The highest BCUT2D eigenvalue weighted by Gasteiger charge is 2.68. The lowest BCUT2D eigenvalue weighted by atomic mass is 9.54. The van der Waals surface area contributed by atoms with Gasteiger partial charge in [-0.1, -0.05) is 6.92 Å². The van der Waals surface area contributed by atoms with Crippen molar-refractivity contribution < 1.29 is 44.7 Å². The number of anilines is 1. The summed E-state index contributed by atoms with van der Waals surface area (Å²) in [5, 5.41) is 59.4. The van der Waals surface area contributed by atoms with Gasteiger partial charge in [-0.15, -0.1) is 0 Å². The van der Waals surface area contributed by atoms with Gasteiger partial charge < -0.3 is 41.5 Å². The van der Waals surface area contributed by atoms with Gasteiger partial charge in [0.1, 0.15) is 22.8 Å². The summed E-state index contributed by atoms with van der Waals surface area (Å²) in [7, 11) is 2.88. The fourth-order valence-corrected chi connectivity index (χ4v) is 6.92. The van der Waals surface area contributed by atoms with Crippen LogP contribution >= 0.6 is 0 Å². The van der Waals surface area contributed by atoms with E-state index in [-0.39, 0.29) is 22.8 Å². The van der Waals surface area contributed by atoms with Crippen molar-refractivity contribution in [3.63, 3.8) is 0 Å². The van der Waals surface area contributed by atoms with Gasteiger partial charge in [0, 0.05) is 30.3 Å². The number of ketones is 2. The van der Waals surface area contributed by atoms with E-state index in [1.54, 1.807) is 11.8 Å². The smallest absolute Gasteiger partial charge is 0.321 e. The second-order valence-corrected chi connectivity index (χ2v) is 11.1. The van der Waals surface area contributed by atoms with E-state index in [1.807, 2.05) is 0 Å². The molecule has 4 aliphatic rings. The number of Topliss-reactive ketones (excluding diaryl/α,β-unsaturated/α-hetero) is 2. The third-order valence-electron chi connectivity index (χ3n) is 8.74. The number of likely N-dealkylation sites (tertiary alicyclic amines) is 1. The second-order valence-electron chi connectivity index (χ2n) is 11.1. The number of phenolic OH excluding ortho intramolecular Hbond substituents is 1. The average molecular weight is 557 g/mol. The largest absolute Gasteiger partial charge is 0.508 e. The van der Waals surface area contributed by atoms with Crippen molar-refractivity contribution in [1.82, 2.24) is 9.80 Å². The molecule has 1 aromatic carbocycles. The summed E-state index contributed by atoms with van der Waals surface area (Å²) in [6, 6.07) is 0.845. The summed E-state index contributed by atoms with van der Waals surface area (Å²) >= 11 is 0. The highest BCUT2D eigenvalue weighted by molar-refractivity contribution is 6.24. The van der Waals surface area contributed by atoms with Crippen LogP contribution in [0.25, 0.3) is 5.76 Å². The van der Waals surface area contributed by atoms with Crippen LogP contribution in [-0.2, 0) is 14.4 Å². The number of likely N-dealkylation sites (N-methyl/N-ethyl adjacent to an activating group) is 1. The number of phenols is 1. The first-order valence-corrected chi connectivity index (χ1v) is 13.0. The van der Waals surface area contributed by atoms with Gasteiger partial charge in [0.05, 0.1) is 23.6 Å². The van der Waals surface area contributed by atoms with E-state index in [4.69, 9.17) is 5.73 Å². The molecule has 1 aliphatic heterocycles. The summed E-state index contributed by atoms with van der Waals surface area (Å²) in [5.41, 5.74) is 1.17. The zero-order valence-electron chi connectivity index (χ0n) is 22.2. The number of fused-ring (bicyclic) bond motifs is 3. The molecule has 6 unspecified atom stereocenters. The molecule has 0 spiro atoms. The molecule has 13 nitrogen and oxygen atoms in total. The van der Waals surface area contributed by atoms with Gasteiger partial charge in [0.25, 0.3) is 5.91 Å². The lowest BCUT2D eigenvalue weighted by molar-refractivity contribution is -0.169. The van der Waals surface area contributed by atoms with Crippen molar-refractivity contribution in [2.75, 3.05) is 32.5 Å². The molecule has 3 amide bonds. The maximum atomic E-state index is 14.0. The van der Waals surface area contributed by atoms with E-state index < -0.39 is 81.4 Å². The highest BCUT2D eigenvalue weighted by Crippen LogP contribution is 2.57. The number of carbonyl (C=O) groups excluding carboxylic acids is 4. The van der Waals surface area contributed by atoms with E-state index in [0.717, 1.165) is 12.8 Å². The lowest BCUT2D eigenvalue weighted by Gasteiger charge is -2.53. The quantitative estimate of drug-likeness (QED) is 0.197. The van der Waals surface area contributed by atoms with Crippen LogP contribution in [0.1, 0.15) is 36.8 Å². The number of nitrogens with one attached hydrogen (secondary N) is 1. The summed E-state index contributed by atoms with van der Waals surface area (Å²) in [4.78, 5) is 55.2. The molecule has 8 N–H and O–H groups in total. The van der Waals surface area contributed by atoms with Gasteiger partial charge in [-0.3, -0.25) is 19.3 Å². The van der Waals surface area contributed by atoms with Crippen LogP contribution in [0.4, 0.5) is 10.5 Å². The van der Waals surface area contributed by atoms with Crippen molar-refractivity contribution in [3.05, 3.63) is 40.2 Å². The third kappa shape index (κ3) is 3.57. The summed E-state index contributed by atoms with van der Waals surface area (Å²) < 4.78 is 0. The van der Waals surface area contributed by atoms with Crippen LogP contribution in [0.2, 0.25) is 0 Å². The molecule has 214 valence electrons. The van der Waals surface area contributed by atoms with E-state index >= 15 is 0 Å². The predicted octanol–water partition coefficient (Wildman–Crippen LogP) is 0.124. The molecule has 1 heterocycles. The number of hydrogen-bond acceptors (Lipinski definition) is 10. The number of urea groups is 1. The number of amides is 3. The minimum atomic E-state index is -2.99. The Morgan fingerprint density at radius 2 is 1.75 bits per heavy atom. The Morgan fingerprint density at radius 1 is 1.12 bits per heavy atom. The van der Waals surface area contributed by atoms with Crippen LogP contribution < -0.4 is 11.1 Å². The Bertz CT molecular complexity index is 1410. The van der Waals surface area contributed by atoms with Crippen molar-refractivity contribution in [1.29, 1.82) is 0 Å². The molecule has 6 atom stereocenters. The Labute approximate surface area is 229 Å². The minimum absolute atomic E-state index is 0.185. The van der Waals surface area contributed by atoms with Crippen LogP contribution in [0, 0.1) is 11.8 Å². The molecule has 0 radical (unpaired) electrons. The third-order valence-corrected chi connectivity index (χ3v) is 8.74. The highest BCUT2D eigenvalue weighted by atomic mass is 16.4. The van der Waals surface area contributed by atoms with Crippen LogP contribution in [-0.4, -0.2) is 104 Å². The molecule has 0 aromatic heterocycles. The lowest BCUT2D eigenvalue weighted by Crippen LogP contribution is -2.70. The van der Waals surface area contributed by atoms with Crippen LogP contribution in [0.5, 0.6) is 5.75 Å². The molecule has 3 aliphatic carbocycles. The van der Waals surface area contributed by atoms with E-state index in [0.29, 0.717) is 13.1 Å². The van der Waals surface area contributed by atoms with Gasteiger partial charge in [-0.05, 0) is 50.6 Å². The minimum Gasteiger partial charge on any atom is -0.508 e. The number of rotatable bonds is 3. The Balaban J connectivity index is 1.72. The van der Waals surface area contributed by atoms with Crippen LogP contribution in [0.3, 0.4) is 0 Å². The maximum absolute atomic E-state index is 14.0. The molecule has 1 saturated heterocycles. The zero-order chi connectivity index (χ0) is 29.4. The first-order chi connectivity index (χ1) is 18.7. The van der Waals surface area contributed by atoms with Crippen molar-refractivity contribution in [3.8, 4) is 5.75 Å². The number of nitrogens with zero attached hydrogens (tertiary/aromatic N) is 2.